The molecule has 1 amide bonds. The zero-order valence-electron chi connectivity index (χ0n) is 14.8. The third kappa shape index (κ3) is 3.43. The Morgan fingerprint density at radius 1 is 1.04 bits per heavy atom. The van der Waals surface area contributed by atoms with E-state index in [0.717, 1.165) is 43.6 Å². The Morgan fingerprint density at radius 3 is 2.46 bits per heavy atom. The number of nitrogens with zero attached hydrogens (tertiary/aromatic N) is 2. The Kier molecular flexibility index (Phi) is 4.62. The summed E-state index contributed by atoms with van der Waals surface area (Å²) in [4.78, 5) is 14.8. The highest BCUT2D eigenvalue weighted by atomic mass is 16.2. The van der Waals surface area contributed by atoms with Crippen molar-refractivity contribution in [3.05, 3.63) is 65.7 Å². The van der Waals surface area contributed by atoms with Crippen molar-refractivity contribution < 1.29 is 4.79 Å². The number of carbonyl (C=O) groups is 1. The summed E-state index contributed by atoms with van der Waals surface area (Å²) in [6.45, 7) is 1.74. The van der Waals surface area contributed by atoms with Gasteiger partial charge >= 0.3 is 0 Å². The zero-order chi connectivity index (χ0) is 17.9. The molecule has 2 aromatic rings. The molecule has 1 aliphatic carbocycles. The van der Waals surface area contributed by atoms with Gasteiger partial charge in [0.1, 0.15) is 6.07 Å². The van der Waals surface area contributed by atoms with E-state index >= 15 is 0 Å². The van der Waals surface area contributed by atoms with E-state index in [2.05, 4.69) is 28.4 Å². The van der Waals surface area contributed by atoms with E-state index in [1.807, 2.05) is 42.5 Å². The van der Waals surface area contributed by atoms with Gasteiger partial charge in [-0.25, -0.2) is 0 Å². The number of rotatable bonds is 4. The standard InChI is InChI=1S/C22H23N3O/c23-15-17-8-4-5-9-21(17)25-12-10-18(11-13-25)24-22(26)20-14-19(20)16-6-2-1-3-7-16/h1-9,18-20H,10-14H2,(H,24,26)/t19-,20+/m0/s1. The Hall–Kier alpha value is -2.80. The van der Waals surface area contributed by atoms with E-state index in [1.54, 1.807) is 0 Å². The van der Waals surface area contributed by atoms with Crippen molar-refractivity contribution in [3.63, 3.8) is 0 Å². The van der Waals surface area contributed by atoms with Crippen LogP contribution in [0.3, 0.4) is 0 Å². The first-order valence-corrected chi connectivity index (χ1v) is 9.35. The van der Waals surface area contributed by atoms with Crippen molar-refractivity contribution in [3.8, 4) is 6.07 Å². The van der Waals surface area contributed by atoms with Crippen LogP contribution in [-0.2, 0) is 4.79 Å². The van der Waals surface area contributed by atoms with Gasteiger partial charge in [-0.3, -0.25) is 4.79 Å². The summed E-state index contributed by atoms with van der Waals surface area (Å²) in [5.74, 6) is 0.725. The minimum atomic E-state index is 0.134. The van der Waals surface area contributed by atoms with Crippen molar-refractivity contribution in [1.82, 2.24) is 5.32 Å². The number of benzene rings is 2. The summed E-state index contributed by atoms with van der Waals surface area (Å²) in [5.41, 5.74) is 3.00. The van der Waals surface area contributed by atoms with Gasteiger partial charge in [0.2, 0.25) is 5.91 Å². The van der Waals surface area contributed by atoms with Crippen LogP contribution in [0.25, 0.3) is 0 Å². The lowest BCUT2D eigenvalue weighted by molar-refractivity contribution is -0.123. The van der Waals surface area contributed by atoms with Crippen LogP contribution in [0.1, 0.15) is 36.3 Å². The lowest BCUT2D eigenvalue weighted by Crippen LogP contribution is -2.45. The number of piperidine rings is 1. The maximum atomic E-state index is 12.5. The van der Waals surface area contributed by atoms with Crippen molar-refractivity contribution in [2.24, 2.45) is 5.92 Å². The summed E-state index contributed by atoms with van der Waals surface area (Å²) in [5, 5.41) is 12.5. The number of carbonyl (C=O) groups excluding carboxylic acids is 1. The molecule has 1 aliphatic heterocycles. The number of para-hydroxylation sites is 1. The molecule has 0 unspecified atom stereocenters. The average Bonchev–Trinajstić information content (AvgIpc) is 3.50. The fourth-order valence-electron chi connectivity index (χ4n) is 3.97. The average molecular weight is 345 g/mol. The summed E-state index contributed by atoms with van der Waals surface area (Å²) in [6, 6.07) is 20.6. The van der Waals surface area contributed by atoms with Gasteiger partial charge in [0, 0.05) is 25.0 Å². The second-order valence-electron chi connectivity index (χ2n) is 7.26. The van der Waals surface area contributed by atoms with Gasteiger partial charge < -0.3 is 10.2 Å². The molecular weight excluding hydrogens is 322 g/mol. The van der Waals surface area contributed by atoms with Gasteiger partial charge in [0.15, 0.2) is 0 Å². The summed E-state index contributed by atoms with van der Waals surface area (Å²) in [6.07, 6.45) is 2.81. The molecule has 1 saturated carbocycles. The monoisotopic (exact) mass is 345 g/mol. The predicted octanol–water partition coefficient (Wildman–Crippen LogP) is 3.45. The summed E-state index contributed by atoms with van der Waals surface area (Å²) < 4.78 is 0. The Balaban J connectivity index is 1.29. The molecular formula is C22H23N3O. The second-order valence-corrected chi connectivity index (χ2v) is 7.26. The minimum Gasteiger partial charge on any atom is -0.370 e. The SMILES string of the molecule is N#Cc1ccccc1N1CCC(NC(=O)[C@@H]2C[C@H]2c2ccccc2)CC1. The molecule has 0 spiro atoms. The van der Waals surface area contributed by atoms with E-state index < -0.39 is 0 Å². The van der Waals surface area contributed by atoms with Crippen LogP contribution >= 0.6 is 0 Å². The van der Waals surface area contributed by atoms with Crippen molar-refractivity contribution >= 4 is 11.6 Å². The quantitative estimate of drug-likeness (QED) is 0.923. The third-order valence-electron chi connectivity index (χ3n) is 5.56. The molecule has 1 N–H and O–H groups in total. The Bertz CT molecular complexity index is 819. The second kappa shape index (κ2) is 7.21. The maximum Gasteiger partial charge on any atom is 0.223 e. The van der Waals surface area contributed by atoms with E-state index in [1.165, 1.54) is 5.56 Å². The topological polar surface area (TPSA) is 56.1 Å². The number of hydrogen-bond acceptors (Lipinski definition) is 3. The molecule has 2 aliphatic rings. The normalized spacial score (nSPS) is 22.5. The van der Waals surface area contributed by atoms with Crippen LogP contribution in [0, 0.1) is 17.2 Å². The highest BCUT2D eigenvalue weighted by Crippen LogP contribution is 2.47. The largest absolute Gasteiger partial charge is 0.370 e. The molecule has 0 bridgehead atoms. The molecule has 132 valence electrons. The molecule has 0 radical (unpaired) electrons. The van der Waals surface area contributed by atoms with Gasteiger partial charge in [-0.05, 0) is 42.9 Å². The summed E-state index contributed by atoms with van der Waals surface area (Å²) in [7, 11) is 0. The predicted molar refractivity (Wildman–Crippen MR) is 102 cm³/mol. The smallest absolute Gasteiger partial charge is 0.223 e. The van der Waals surface area contributed by atoms with Gasteiger partial charge in [-0.15, -0.1) is 0 Å². The third-order valence-corrected chi connectivity index (χ3v) is 5.56. The molecule has 4 heteroatoms. The van der Waals surface area contributed by atoms with Crippen molar-refractivity contribution in [2.75, 3.05) is 18.0 Å². The lowest BCUT2D eigenvalue weighted by atomic mass is 10.0. The van der Waals surface area contributed by atoms with Gasteiger partial charge in [0.25, 0.3) is 0 Å². The molecule has 2 fully saturated rings. The highest BCUT2D eigenvalue weighted by Gasteiger charge is 2.44. The maximum absolute atomic E-state index is 12.5. The fraction of sp³-hybridized carbons (Fsp3) is 0.364. The first-order chi connectivity index (χ1) is 12.8. The Labute approximate surface area is 154 Å². The van der Waals surface area contributed by atoms with Gasteiger partial charge in [0.05, 0.1) is 11.3 Å². The molecule has 4 rings (SSSR count). The van der Waals surface area contributed by atoms with Crippen molar-refractivity contribution in [2.45, 2.75) is 31.2 Å². The van der Waals surface area contributed by atoms with Crippen LogP contribution in [-0.4, -0.2) is 25.0 Å². The molecule has 0 aromatic heterocycles. The van der Waals surface area contributed by atoms with Crippen molar-refractivity contribution in [1.29, 1.82) is 5.26 Å². The summed E-state index contributed by atoms with van der Waals surface area (Å²) >= 11 is 0. The zero-order valence-corrected chi connectivity index (χ0v) is 14.8. The van der Waals surface area contributed by atoms with E-state index in [9.17, 15) is 10.1 Å². The Morgan fingerprint density at radius 2 is 1.73 bits per heavy atom. The van der Waals surface area contributed by atoms with Gasteiger partial charge in [-0.2, -0.15) is 5.26 Å². The first-order valence-electron chi connectivity index (χ1n) is 9.35. The van der Waals surface area contributed by atoms with E-state index in [0.29, 0.717) is 5.92 Å². The number of nitrogens with one attached hydrogen (secondary N) is 1. The highest BCUT2D eigenvalue weighted by molar-refractivity contribution is 5.83. The molecule has 1 saturated heterocycles. The lowest BCUT2D eigenvalue weighted by Gasteiger charge is -2.34. The number of amides is 1. The van der Waals surface area contributed by atoms with Crippen LogP contribution in [0.5, 0.6) is 0 Å². The van der Waals surface area contributed by atoms with Crippen LogP contribution in [0.4, 0.5) is 5.69 Å². The molecule has 4 nitrogen and oxygen atoms in total. The van der Waals surface area contributed by atoms with E-state index in [4.69, 9.17) is 0 Å². The molecule has 26 heavy (non-hydrogen) atoms. The molecule has 2 atom stereocenters. The minimum absolute atomic E-state index is 0.134. The van der Waals surface area contributed by atoms with E-state index in [-0.39, 0.29) is 17.9 Å². The van der Waals surface area contributed by atoms with Crippen LogP contribution in [0.2, 0.25) is 0 Å². The molecule has 1 heterocycles. The number of nitriles is 1. The number of hydrogen-bond donors (Lipinski definition) is 1. The van der Waals surface area contributed by atoms with Crippen LogP contribution in [0.15, 0.2) is 54.6 Å². The fourth-order valence-corrected chi connectivity index (χ4v) is 3.97. The first kappa shape index (κ1) is 16.7. The molecule has 2 aromatic carbocycles. The van der Waals surface area contributed by atoms with Crippen LogP contribution < -0.4 is 10.2 Å². The number of anilines is 1. The van der Waals surface area contributed by atoms with Gasteiger partial charge in [-0.1, -0.05) is 42.5 Å².